The van der Waals surface area contributed by atoms with Crippen molar-refractivity contribution in [3.63, 3.8) is 0 Å². The van der Waals surface area contributed by atoms with Crippen LogP contribution in [0.5, 0.6) is 0 Å². The molecule has 26 heavy (non-hydrogen) atoms. The normalized spacial score (nSPS) is 14.5. The Morgan fingerprint density at radius 1 is 1.04 bits per heavy atom. The molecule has 2 aromatic carbocycles. The summed E-state index contributed by atoms with van der Waals surface area (Å²) >= 11 is 0. The van der Waals surface area contributed by atoms with E-state index in [1.165, 1.54) is 5.56 Å². The third-order valence-electron chi connectivity index (χ3n) is 4.41. The van der Waals surface area contributed by atoms with Gasteiger partial charge in [-0.3, -0.25) is 9.69 Å². The van der Waals surface area contributed by atoms with Crippen molar-refractivity contribution in [3.05, 3.63) is 70.8 Å². The van der Waals surface area contributed by atoms with Crippen LogP contribution in [0.25, 0.3) is 0 Å². The van der Waals surface area contributed by atoms with Crippen molar-refractivity contribution in [2.24, 2.45) is 5.73 Å². The molecule has 1 aliphatic rings. The number of hydrogen-bond acceptors (Lipinski definition) is 4. The molecule has 1 aliphatic heterocycles. The molecule has 3 N–H and O–H groups in total. The largest absolute Gasteiger partial charge is 0.379 e. The highest BCUT2D eigenvalue weighted by Crippen LogP contribution is 2.10. The number of carbonyl (C=O) groups is 1. The van der Waals surface area contributed by atoms with Gasteiger partial charge in [0.25, 0.3) is 5.91 Å². The van der Waals surface area contributed by atoms with Crippen molar-refractivity contribution < 1.29 is 9.53 Å². The smallest absolute Gasteiger partial charge is 0.251 e. The Morgan fingerprint density at radius 3 is 2.42 bits per heavy atom. The molecular formula is C20H26ClN3O2. The summed E-state index contributed by atoms with van der Waals surface area (Å²) in [6, 6.07) is 15.8. The molecule has 0 aromatic heterocycles. The second-order valence-corrected chi connectivity index (χ2v) is 6.29. The predicted octanol–water partition coefficient (Wildman–Crippen LogP) is 2.33. The number of amides is 1. The van der Waals surface area contributed by atoms with Crippen LogP contribution >= 0.6 is 12.4 Å². The van der Waals surface area contributed by atoms with Crippen molar-refractivity contribution in [1.82, 2.24) is 10.2 Å². The lowest BCUT2D eigenvalue weighted by molar-refractivity contribution is 0.0342. The van der Waals surface area contributed by atoms with Gasteiger partial charge in [0.15, 0.2) is 0 Å². The molecule has 0 unspecified atom stereocenters. The number of nitrogens with zero attached hydrogens (tertiary/aromatic N) is 1. The summed E-state index contributed by atoms with van der Waals surface area (Å²) in [5.74, 6) is -0.0675. The lowest BCUT2D eigenvalue weighted by atomic mass is 10.1. The standard InChI is InChI=1S/C20H25N3O2.ClH/c21-13-16-4-6-19(7-5-16)20(24)22-14-17-2-1-3-18(12-17)15-23-8-10-25-11-9-23;/h1-7,12H,8-11,13-15,21H2,(H,22,24);1H. The minimum absolute atomic E-state index is 0. The molecule has 0 atom stereocenters. The Morgan fingerprint density at radius 2 is 1.73 bits per heavy atom. The first-order valence-electron chi connectivity index (χ1n) is 8.70. The van der Waals surface area contributed by atoms with E-state index in [2.05, 4.69) is 22.3 Å². The highest BCUT2D eigenvalue weighted by Gasteiger charge is 2.11. The Balaban J connectivity index is 0.00000243. The molecule has 1 amide bonds. The number of morpholine rings is 1. The number of halogens is 1. The fraction of sp³-hybridized carbons (Fsp3) is 0.350. The van der Waals surface area contributed by atoms with Crippen molar-refractivity contribution in [2.45, 2.75) is 19.6 Å². The van der Waals surface area contributed by atoms with Gasteiger partial charge in [0.2, 0.25) is 0 Å². The number of nitrogens with one attached hydrogen (secondary N) is 1. The van der Waals surface area contributed by atoms with E-state index in [9.17, 15) is 4.79 Å². The Kier molecular flexibility index (Phi) is 8.06. The average molecular weight is 376 g/mol. The van der Waals surface area contributed by atoms with E-state index in [-0.39, 0.29) is 18.3 Å². The topological polar surface area (TPSA) is 67.6 Å². The molecule has 2 aromatic rings. The predicted molar refractivity (Wildman–Crippen MR) is 105 cm³/mol. The number of rotatable bonds is 6. The minimum Gasteiger partial charge on any atom is -0.379 e. The van der Waals surface area contributed by atoms with Crippen LogP contribution in [-0.4, -0.2) is 37.1 Å². The molecule has 1 heterocycles. The first kappa shape index (κ1) is 20.4. The van der Waals surface area contributed by atoms with Crippen molar-refractivity contribution >= 4 is 18.3 Å². The van der Waals surface area contributed by atoms with Crippen molar-refractivity contribution in [2.75, 3.05) is 26.3 Å². The number of carbonyl (C=O) groups excluding carboxylic acids is 1. The van der Waals surface area contributed by atoms with E-state index in [1.807, 2.05) is 36.4 Å². The maximum absolute atomic E-state index is 12.3. The van der Waals surface area contributed by atoms with Gasteiger partial charge in [-0.25, -0.2) is 0 Å². The fourth-order valence-electron chi connectivity index (χ4n) is 2.93. The summed E-state index contributed by atoms with van der Waals surface area (Å²) in [7, 11) is 0. The molecular weight excluding hydrogens is 350 g/mol. The first-order valence-corrected chi connectivity index (χ1v) is 8.70. The molecule has 3 rings (SSSR count). The Hall–Kier alpha value is -1.92. The molecule has 1 fully saturated rings. The van der Waals surface area contributed by atoms with Crippen molar-refractivity contribution in [1.29, 1.82) is 0 Å². The van der Waals surface area contributed by atoms with Gasteiger partial charge in [-0.2, -0.15) is 0 Å². The summed E-state index contributed by atoms with van der Waals surface area (Å²) in [5, 5.41) is 2.98. The van der Waals surface area contributed by atoms with Gasteiger partial charge in [0, 0.05) is 38.3 Å². The fourth-order valence-corrected chi connectivity index (χ4v) is 2.93. The SMILES string of the molecule is Cl.NCc1ccc(C(=O)NCc2cccc(CN3CCOCC3)c2)cc1. The molecule has 0 aliphatic carbocycles. The second-order valence-electron chi connectivity index (χ2n) is 6.29. The van der Waals surface area contributed by atoms with E-state index in [4.69, 9.17) is 10.5 Å². The summed E-state index contributed by atoms with van der Waals surface area (Å²) in [4.78, 5) is 14.6. The quantitative estimate of drug-likeness (QED) is 0.813. The highest BCUT2D eigenvalue weighted by molar-refractivity contribution is 5.94. The monoisotopic (exact) mass is 375 g/mol. The van der Waals surface area contributed by atoms with Crippen LogP contribution in [0.1, 0.15) is 27.0 Å². The van der Waals surface area contributed by atoms with Gasteiger partial charge in [0.05, 0.1) is 13.2 Å². The van der Waals surface area contributed by atoms with E-state index >= 15 is 0 Å². The number of nitrogens with two attached hydrogens (primary N) is 1. The summed E-state index contributed by atoms with van der Waals surface area (Å²) in [6.45, 7) is 5.48. The molecule has 5 nitrogen and oxygen atoms in total. The molecule has 0 spiro atoms. The van der Waals surface area contributed by atoms with Gasteiger partial charge in [0.1, 0.15) is 0 Å². The van der Waals surface area contributed by atoms with Gasteiger partial charge in [-0.1, -0.05) is 36.4 Å². The first-order chi connectivity index (χ1) is 12.2. The highest BCUT2D eigenvalue weighted by atomic mass is 35.5. The summed E-state index contributed by atoms with van der Waals surface area (Å²) in [5.41, 5.74) is 9.63. The molecule has 0 radical (unpaired) electrons. The minimum atomic E-state index is -0.0675. The van der Waals surface area contributed by atoms with Crippen LogP contribution in [0, 0.1) is 0 Å². The lowest BCUT2D eigenvalue weighted by Crippen LogP contribution is -2.35. The second kappa shape index (κ2) is 10.3. The Bertz CT molecular complexity index is 700. The van der Waals surface area contributed by atoms with Crippen LogP contribution in [0.2, 0.25) is 0 Å². The Labute approximate surface area is 160 Å². The van der Waals surface area contributed by atoms with Crippen LogP contribution in [0.15, 0.2) is 48.5 Å². The van der Waals surface area contributed by atoms with Crippen LogP contribution in [0.4, 0.5) is 0 Å². The third-order valence-corrected chi connectivity index (χ3v) is 4.41. The zero-order valence-corrected chi connectivity index (χ0v) is 15.6. The van der Waals surface area contributed by atoms with Crippen LogP contribution in [0.3, 0.4) is 0 Å². The zero-order chi connectivity index (χ0) is 17.5. The van der Waals surface area contributed by atoms with Gasteiger partial charge in [-0.15, -0.1) is 12.4 Å². The van der Waals surface area contributed by atoms with E-state index in [0.29, 0.717) is 18.7 Å². The number of benzene rings is 2. The molecule has 0 bridgehead atoms. The molecule has 0 saturated carbocycles. The van der Waals surface area contributed by atoms with Gasteiger partial charge >= 0.3 is 0 Å². The van der Waals surface area contributed by atoms with Gasteiger partial charge < -0.3 is 15.8 Å². The van der Waals surface area contributed by atoms with E-state index in [0.717, 1.165) is 44.0 Å². The van der Waals surface area contributed by atoms with Crippen molar-refractivity contribution in [3.8, 4) is 0 Å². The van der Waals surface area contributed by atoms with Crippen LogP contribution in [-0.2, 0) is 24.4 Å². The average Bonchev–Trinajstić information content (AvgIpc) is 2.67. The van der Waals surface area contributed by atoms with Crippen LogP contribution < -0.4 is 11.1 Å². The molecule has 1 saturated heterocycles. The lowest BCUT2D eigenvalue weighted by Gasteiger charge is -2.26. The van der Waals surface area contributed by atoms with E-state index < -0.39 is 0 Å². The number of ether oxygens (including phenoxy) is 1. The zero-order valence-electron chi connectivity index (χ0n) is 14.8. The summed E-state index contributed by atoms with van der Waals surface area (Å²) < 4.78 is 5.39. The maximum Gasteiger partial charge on any atom is 0.251 e. The maximum atomic E-state index is 12.3. The van der Waals surface area contributed by atoms with E-state index in [1.54, 1.807) is 0 Å². The van der Waals surface area contributed by atoms with Gasteiger partial charge in [-0.05, 0) is 28.8 Å². The molecule has 6 heteroatoms. The third kappa shape index (κ3) is 5.81. The number of hydrogen-bond donors (Lipinski definition) is 2. The summed E-state index contributed by atoms with van der Waals surface area (Å²) in [6.07, 6.45) is 0. The molecule has 140 valence electrons.